The molecule has 1 aromatic rings. The summed E-state index contributed by atoms with van der Waals surface area (Å²) in [5.41, 5.74) is 1.16. The van der Waals surface area contributed by atoms with Crippen LogP contribution in [0, 0.1) is 0 Å². The van der Waals surface area contributed by atoms with Crippen LogP contribution in [0.1, 0.15) is 55.8 Å². The van der Waals surface area contributed by atoms with E-state index in [4.69, 9.17) is 0 Å². The first-order chi connectivity index (χ1) is 10.1. The fourth-order valence-electron chi connectivity index (χ4n) is 1.74. The molecule has 0 aliphatic heterocycles. The first kappa shape index (κ1) is 17.8. The van der Waals surface area contributed by atoms with Crippen LogP contribution in [0.3, 0.4) is 0 Å². The minimum atomic E-state index is -0.126. The normalized spacial score (nSPS) is 10.7. The van der Waals surface area contributed by atoms with Gasteiger partial charge >= 0.3 is 0 Å². The van der Waals surface area contributed by atoms with Crippen LogP contribution in [0.25, 0.3) is 0 Å². The van der Waals surface area contributed by atoms with Crippen molar-refractivity contribution >= 4 is 23.4 Å². The van der Waals surface area contributed by atoms with Crippen molar-refractivity contribution in [3.05, 3.63) is 17.7 Å². The molecular formula is C15H26N4OS. The summed E-state index contributed by atoms with van der Waals surface area (Å²) in [4.78, 5) is 21.1. The lowest BCUT2D eigenvalue weighted by Gasteiger charge is -2.13. The molecule has 0 atom stereocenters. The molecule has 1 amide bonds. The lowest BCUT2D eigenvalue weighted by Crippen LogP contribution is -2.27. The summed E-state index contributed by atoms with van der Waals surface area (Å²) in [5, 5.41) is 6.16. The summed E-state index contributed by atoms with van der Waals surface area (Å²) in [7, 11) is 0. The maximum absolute atomic E-state index is 12.3. The minimum Gasteiger partial charge on any atom is -0.382 e. The van der Waals surface area contributed by atoms with Gasteiger partial charge in [-0.15, -0.1) is 0 Å². The fourth-order valence-corrected chi connectivity index (χ4v) is 2.17. The van der Waals surface area contributed by atoms with Crippen LogP contribution in [0.4, 0.5) is 5.69 Å². The Balaban J connectivity index is 2.83. The van der Waals surface area contributed by atoms with E-state index in [0.29, 0.717) is 23.8 Å². The van der Waals surface area contributed by atoms with Gasteiger partial charge in [-0.2, -0.15) is 11.8 Å². The number of anilines is 1. The third-order valence-electron chi connectivity index (χ3n) is 2.92. The lowest BCUT2D eigenvalue weighted by molar-refractivity contribution is 0.0949. The smallest absolute Gasteiger partial charge is 0.272 e. The van der Waals surface area contributed by atoms with Gasteiger partial charge in [0, 0.05) is 19.0 Å². The maximum atomic E-state index is 12.3. The summed E-state index contributed by atoms with van der Waals surface area (Å²) in [5.74, 6) is 1.82. The van der Waals surface area contributed by atoms with E-state index in [1.165, 1.54) is 0 Å². The van der Waals surface area contributed by atoms with Gasteiger partial charge in [0.25, 0.3) is 5.91 Å². The summed E-state index contributed by atoms with van der Waals surface area (Å²) in [6.45, 7) is 7.60. The largest absolute Gasteiger partial charge is 0.382 e. The van der Waals surface area contributed by atoms with Gasteiger partial charge in [-0.25, -0.2) is 9.97 Å². The van der Waals surface area contributed by atoms with Crippen molar-refractivity contribution in [2.45, 2.75) is 39.5 Å². The van der Waals surface area contributed by atoms with Gasteiger partial charge in [0.15, 0.2) is 5.69 Å². The van der Waals surface area contributed by atoms with E-state index in [1.807, 2.05) is 13.8 Å². The van der Waals surface area contributed by atoms with Crippen LogP contribution in [-0.4, -0.2) is 41.0 Å². The first-order valence-corrected chi connectivity index (χ1v) is 8.87. The second-order valence-corrected chi connectivity index (χ2v) is 6.16. The van der Waals surface area contributed by atoms with E-state index in [9.17, 15) is 4.79 Å². The van der Waals surface area contributed by atoms with Gasteiger partial charge < -0.3 is 10.6 Å². The highest BCUT2D eigenvalue weighted by molar-refractivity contribution is 7.98. The van der Waals surface area contributed by atoms with Gasteiger partial charge in [-0.1, -0.05) is 20.8 Å². The molecule has 0 saturated heterocycles. The van der Waals surface area contributed by atoms with Crippen LogP contribution in [0.15, 0.2) is 6.20 Å². The summed E-state index contributed by atoms with van der Waals surface area (Å²) in [6.07, 6.45) is 5.73. The molecule has 0 aromatic carbocycles. The van der Waals surface area contributed by atoms with E-state index in [-0.39, 0.29) is 11.8 Å². The molecule has 0 aliphatic carbocycles. The highest BCUT2D eigenvalue weighted by Gasteiger charge is 2.16. The molecule has 2 N–H and O–H groups in total. The standard InChI is InChI=1S/C15H26N4OS/c1-5-7-16-12-10-18-14(11(2)3)19-13(12)15(20)17-8-6-9-21-4/h10-11,16H,5-9H2,1-4H3,(H,17,20). The monoisotopic (exact) mass is 310 g/mol. The van der Waals surface area contributed by atoms with Crippen LogP contribution in [-0.2, 0) is 0 Å². The average molecular weight is 310 g/mol. The summed E-state index contributed by atoms with van der Waals surface area (Å²) < 4.78 is 0. The maximum Gasteiger partial charge on any atom is 0.272 e. The Morgan fingerprint density at radius 3 is 2.76 bits per heavy atom. The molecule has 5 nitrogen and oxygen atoms in total. The van der Waals surface area contributed by atoms with Crippen LogP contribution < -0.4 is 10.6 Å². The van der Waals surface area contributed by atoms with E-state index in [1.54, 1.807) is 18.0 Å². The van der Waals surface area contributed by atoms with Crippen molar-refractivity contribution < 1.29 is 4.79 Å². The zero-order chi connectivity index (χ0) is 15.7. The number of hydrogen-bond donors (Lipinski definition) is 2. The SMILES string of the molecule is CCCNc1cnc(C(C)C)nc1C(=O)NCCCSC. The minimum absolute atomic E-state index is 0.126. The number of carbonyl (C=O) groups is 1. The molecule has 0 aliphatic rings. The van der Waals surface area contributed by atoms with Gasteiger partial charge in [-0.05, 0) is 24.9 Å². The van der Waals surface area contributed by atoms with E-state index >= 15 is 0 Å². The molecule has 21 heavy (non-hydrogen) atoms. The molecule has 0 radical (unpaired) electrons. The molecule has 0 spiro atoms. The third-order valence-corrected chi connectivity index (χ3v) is 3.61. The number of hydrogen-bond acceptors (Lipinski definition) is 5. The second-order valence-electron chi connectivity index (χ2n) is 5.17. The molecule has 0 fully saturated rings. The average Bonchev–Trinajstić information content (AvgIpc) is 2.49. The molecule has 118 valence electrons. The zero-order valence-corrected chi connectivity index (χ0v) is 14.2. The number of carbonyl (C=O) groups excluding carboxylic acids is 1. The Bertz CT molecular complexity index is 451. The van der Waals surface area contributed by atoms with Gasteiger partial charge in [0.05, 0.1) is 11.9 Å². The number of amides is 1. The van der Waals surface area contributed by atoms with E-state index < -0.39 is 0 Å². The second kappa shape index (κ2) is 9.60. The van der Waals surface area contributed by atoms with Crippen LogP contribution in [0.2, 0.25) is 0 Å². The first-order valence-electron chi connectivity index (χ1n) is 7.48. The van der Waals surface area contributed by atoms with Crippen molar-refractivity contribution in [1.82, 2.24) is 15.3 Å². The third kappa shape index (κ3) is 5.91. The number of nitrogens with one attached hydrogen (secondary N) is 2. The number of rotatable bonds is 9. The highest BCUT2D eigenvalue weighted by atomic mass is 32.2. The Morgan fingerprint density at radius 2 is 2.14 bits per heavy atom. The van der Waals surface area contributed by atoms with Gasteiger partial charge in [-0.3, -0.25) is 4.79 Å². The van der Waals surface area contributed by atoms with Crippen molar-refractivity contribution in [3.63, 3.8) is 0 Å². The Kier molecular flexibility index (Phi) is 8.12. The molecule has 0 saturated carbocycles. The predicted octanol–water partition coefficient (Wildman–Crippen LogP) is 2.90. The quantitative estimate of drug-likeness (QED) is 0.687. The fraction of sp³-hybridized carbons (Fsp3) is 0.667. The topological polar surface area (TPSA) is 66.9 Å². The molecule has 0 unspecified atom stereocenters. The van der Waals surface area contributed by atoms with Crippen molar-refractivity contribution in [2.24, 2.45) is 0 Å². The highest BCUT2D eigenvalue weighted by Crippen LogP contribution is 2.16. The summed E-state index contributed by atoms with van der Waals surface area (Å²) >= 11 is 1.78. The zero-order valence-electron chi connectivity index (χ0n) is 13.4. The Morgan fingerprint density at radius 1 is 1.38 bits per heavy atom. The molecule has 0 bridgehead atoms. The van der Waals surface area contributed by atoms with Gasteiger partial charge in [0.2, 0.25) is 0 Å². The van der Waals surface area contributed by atoms with E-state index in [2.05, 4.69) is 33.8 Å². The number of aromatic nitrogens is 2. The molecule has 1 aromatic heterocycles. The lowest BCUT2D eigenvalue weighted by atomic mass is 10.2. The van der Waals surface area contributed by atoms with Crippen LogP contribution >= 0.6 is 11.8 Å². The molecule has 1 rings (SSSR count). The number of thioether (sulfide) groups is 1. The van der Waals surface area contributed by atoms with Crippen LogP contribution in [0.5, 0.6) is 0 Å². The Hall–Kier alpha value is -1.30. The van der Waals surface area contributed by atoms with Gasteiger partial charge in [0.1, 0.15) is 5.82 Å². The molecule has 6 heteroatoms. The van der Waals surface area contributed by atoms with Crippen molar-refractivity contribution in [1.29, 1.82) is 0 Å². The summed E-state index contributed by atoms with van der Waals surface area (Å²) in [6, 6.07) is 0. The van der Waals surface area contributed by atoms with Crippen molar-refractivity contribution in [3.8, 4) is 0 Å². The molecule has 1 heterocycles. The van der Waals surface area contributed by atoms with Crippen molar-refractivity contribution in [2.75, 3.05) is 30.4 Å². The Labute approximate surface area is 131 Å². The molecular weight excluding hydrogens is 284 g/mol. The predicted molar refractivity (Wildman–Crippen MR) is 90.2 cm³/mol. The number of nitrogens with zero attached hydrogens (tertiary/aromatic N) is 2. The van der Waals surface area contributed by atoms with E-state index in [0.717, 1.165) is 25.1 Å².